The first-order valence-corrected chi connectivity index (χ1v) is 8.66. The number of nitrogens with one attached hydrogen (secondary N) is 1. The highest BCUT2D eigenvalue weighted by molar-refractivity contribution is 7.92. The van der Waals surface area contributed by atoms with Crippen molar-refractivity contribution in [1.82, 2.24) is 4.98 Å². The van der Waals surface area contributed by atoms with E-state index in [-0.39, 0.29) is 12.4 Å². The van der Waals surface area contributed by atoms with Crippen molar-refractivity contribution in [2.24, 2.45) is 0 Å². The quantitative estimate of drug-likeness (QED) is 0.823. The van der Waals surface area contributed by atoms with Gasteiger partial charge in [-0.05, 0) is 5.56 Å². The molecule has 7 heteroatoms. The molecule has 2 rings (SSSR count). The maximum Gasteiger partial charge on any atom is 0.238 e. The summed E-state index contributed by atoms with van der Waals surface area (Å²) in [5.41, 5.74) is 0.713. The molecule has 0 amide bonds. The Hall–Kier alpha value is -1.88. The number of nitrogens with zero attached hydrogens (tertiary/aromatic N) is 1. The second kappa shape index (κ2) is 7.22. The van der Waals surface area contributed by atoms with Crippen molar-refractivity contribution in [2.45, 2.75) is 12.2 Å². The summed E-state index contributed by atoms with van der Waals surface area (Å²) in [7, 11) is -3.49. The molecule has 0 aliphatic heterocycles. The monoisotopic (exact) mass is 322 g/mol. The number of rotatable bonds is 5. The van der Waals surface area contributed by atoms with Gasteiger partial charge in [-0.1, -0.05) is 53.5 Å². The van der Waals surface area contributed by atoms with Gasteiger partial charge in [0.05, 0.1) is 23.4 Å². The number of anilines is 1. The van der Waals surface area contributed by atoms with Crippen molar-refractivity contribution < 1.29 is 13.5 Å². The molecular weight excluding hydrogens is 308 g/mol. The van der Waals surface area contributed by atoms with Crippen molar-refractivity contribution in [1.29, 1.82) is 0 Å². The van der Waals surface area contributed by atoms with E-state index in [9.17, 15) is 8.42 Å². The smallest absolute Gasteiger partial charge is 0.238 e. The lowest BCUT2D eigenvalue weighted by Gasteiger charge is -2.04. The summed E-state index contributed by atoms with van der Waals surface area (Å²) in [6.45, 7) is 0.00235. The number of sulfonamides is 1. The summed E-state index contributed by atoms with van der Waals surface area (Å²) in [5, 5.41) is 8.93. The number of thiazole rings is 1. The Morgan fingerprint density at radius 3 is 2.76 bits per heavy atom. The molecule has 0 unspecified atom stereocenters. The molecule has 1 aromatic heterocycles. The van der Waals surface area contributed by atoms with E-state index in [0.29, 0.717) is 22.0 Å². The topological polar surface area (TPSA) is 79.3 Å². The molecule has 0 spiro atoms. The lowest BCUT2D eigenvalue weighted by Crippen LogP contribution is -2.14. The first-order valence-electron chi connectivity index (χ1n) is 6.19. The largest absolute Gasteiger partial charge is 0.395 e. The first kappa shape index (κ1) is 15.5. The molecule has 2 N–H and O–H groups in total. The summed E-state index contributed by atoms with van der Waals surface area (Å²) in [5.74, 6) is 5.47. The van der Waals surface area contributed by atoms with Crippen molar-refractivity contribution in [3.63, 3.8) is 0 Å². The molecule has 0 saturated heterocycles. The van der Waals surface area contributed by atoms with Gasteiger partial charge in [0.25, 0.3) is 0 Å². The summed E-state index contributed by atoms with van der Waals surface area (Å²) < 4.78 is 26.5. The second-order valence-corrected chi connectivity index (χ2v) is 6.90. The van der Waals surface area contributed by atoms with E-state index in [1.165, 1.54) is 6.20 Å². The highest BCUT2D eigenvalue weighted by Crippen LogP contribution is 2.19. The molecule has 1 aromatic carbocycles. The minimum absolute atomic E-state index is 0.00235. The van der Waals surface area contributed by atoms with E-state index >= 15 is 0 Å². The normalized spacial score (nSPS) is 10.7. The SMILES string of the molecule is O=S(=O)(Cc1ccccc1)Nc1ncc(C#CCCO)s1. The third-order valence-electron chi connectivity index (χ3n) is 2.40. The van der Waals surface area contributed by atoms with Gasteiger partial charge in [0.15, 0.2) is 5.13 Å². The van der Waals surface area contributed by atoms with Crippen molar-refractivity contribution >= 4 is 26.5 Å². The van der Waals surface area contributed by atoms with Crippen LogP contribution in [0.25, 0.3) is 0 Å². The Bertz CT molecular complexity index is 743. The molecule has 1 heterocycles. The minimum Gasteiger partial charge on any atom is -0.395 e. The molecule has 21 heavy (non-hydrogen) atoms. The van der Waals surface area contributed by atoms with E-state index in [1.807, 2.05) is 6.07 Å². The van der Waals surface area contributed by atoms with Gasteiger partial charge in [-0.3, -0.25) is 4.72 Å². The summed E-state index contributed by atoms with van der Waals surface area (Å²) >= 11 is 1.16. The Labute approximate surface area is 127 Å². The molecule has 5 nitrogen and oxygen atoms in total. The maximum atomic E-state index is 12.0. The summed E-state index contributed by atoms with van der Waals surface area (Å²) in [6.07, 6.45) is 1.89. The molecule has 0 saturated carbocycles. The van der Waals surface area contributed by atoms with Crippen LogP contribution in [0.5, 0.6) is 0 Å². The average Bonchev–Trinajstić information content (AvgIpc) is 2.86. The fourth-order valence-electron chi connectivity index (χ4n) is 1.55. The predicted molar refractivity (Wildman–Crippen MR) is 83.4 cm³/mol. The van der Waals surface area contributed by atoms with Gasteiger partial charge >= 0.3 is 0 Å². The van der Waals surface area contributed by atoms with Crippen molar-refractivity contribution in [2.75, 3.05) is 11.3 Å². The molecule has 0 radical (unpaired) electrons. The minimum atomic E-state index is -3.49. The Balaban J connectivity index is 2.02. The lowest BCUT2D eigenvalue weighted by molar-refractivity contribution is 0.305. The number of aromatic nitrogens is 1. The molecule has 0 atom stereocenters. The van der Waals surface area contributed by atoms with Gasteiger partial charge in [-0.2, -0.15) is 0 Å². The van der Waals surface area contributed by atoms with Crippen LogP contribution in [0.2, 0.25) is 0 Å². The highest BCUT2D eigenvalue weighted by Gasteiger charge is 2.13. The Morgan fingerprint density at radius 1 is 1.29 bits per heavy atom. The van der Waals surface area contributed by atoms with Crippen LogP contribution in [0.1, 0.15) is 16.9 Å². The standard InChI is InChI=1S/C14H14N2O3S2/c17-9-5-4-8-13-10-15-14(20-13)16-21(18,19)11-12-6-2-1-3-7-12/h1-3,6-7,10,17H,5,9,11H2,(H,15,16). The van der Waals surface area contributed by atoms with E-state index in [4.69, 9.17) is 5.11 Å². The molecule has 0 aliphatic carbocycles. The fraction of sp³-hybridized carbons (Fsp3) is 0.214. The molecule has 0 bridgehead atoms. The molecular formula is C14H14N2O3S2. The lowest BCUT2D eigenvalue weighted by atomic mass is 10.2. The van der Waals surface area contributed by atoms with Crippen molar-refractivity contribution in [3.8, 4) is 11.8 Å². The Morgan fingerprint density at radius 2 is 2.05 bits per heavy atom. The van der Waals surface area contributed by atoms with Gasteiger partial charge in [-0.15, -0.1) is 0 Å². The van der Waals surface area contributed by atoms with E-state index < -0.39 is 10.0 Å². The van der Waals surface area contributed by atoms with Crippen LogP contribution >= 0.6 is 11.3 Å². The van der Waals surface area contributed by atoms with Gasteiger partial charge in [0.2, 0.25) is 10.0 Å². The number of aliphatic hydroxyl groups excluding tert-OH is 1. The van der Waals surface area contributed by atoms with Crippen LogP contribution in [-0.2, 0) is 15.8 Å². The van der Waals surface area contributed by atoms with Crippen LogP contribution in [0.15, 0.2) is 36.5 Å². The van der Waals surface area contributed by atoms with E-state index in [2.05, 4.69) is 21.5 Å². The van der Waals surface area contributed by atoms with E-state index in [1.54, 1.807) is 24.3 Å². The number of aliphatic hydroxyl groups is 1. The molecule has 110 valence electrons. The molecule has 2 aromatic rings. The van der Waals surface area contributed by atoms with Gasteiger partial charge in [0.1, 0.15) is 0 Å². The van der Waals surface area contributed by atoms with E-state index in [0.717, 1.165) is 11.3 Å². The Kier molecular flexibility index (Phi) is 5.33. The first-order chi connectivity index (χ1) is 10.1. The van der Waals surface area contributed by atoms with Crippen LogP contribution in [-0.4, -0.2) is 25.1 Å². The third kappa shape index (κ3) is 5.19. The number of hydrogen-bond donors (Lipinski definition) is 2. The van der Waals surface area contributed by atoms with Crippen LogP contribution in [0.3, 0.4) is 0 Å². The average molecular weight is 322 g/mol. The van der Waals surface area contributed by atoms with Gasteiger partial charge in [0, 0.05) is 6.42 Å². The predicted octanol–water partition coefficient (Wildman–Crippen LogP) is 1.82. The van der Waals surface area contributed by atoms with Gasteiger partial charge < -0.3 is 5.11 Å². The maximum absolute atomic E-state index is 12.0. The zero-order valence-electron chi connectivity index (χ0n) is 11.1. The molecule has 0 aliphatic rings. The fourth-order valence-corrected chi connectivity index (χ4v) is 3.66. The number of hydrogen-bond acceptors (Lipinski definition) is 5. The third-order valence-corrected chi connectivity index (χ3v) is 4.57. The second-order valence-electron chi connectivity index (χ2n) is 4.15. The van der Waals surface area contributed by atoms with Crippen LogP contribution in [0.4, 0.5) is 5.13 Å². The number of benzene rings is 1. The summed E-state index contributed by atoms with van der Waals surface area (Å²) in [6, 6.07) is 8.94. The zero-order valence-corrected chi connectivity index (χ0v) is 12.7. The van der Waals surface area contributed by atoms with Crippen molar-refractivity contribution in [3.05, 3.63) is 47.0 Å². The van der Waals surface area contributed by atoms with Crippen LogP contribution < -0.4 is 4.72 Å². The summed E-state index contributed by atoms with van der Waals surface area (Å²) in [4.78, 5) is 4.64. The van der Waals surface area contributed by atoms with Crippen LogP contribution in [0, 0.1) is 11.8 Å². The zero-order chi connectivity index (χ0) is 15.1. The van der Waals surface area contributed by atoms with Gasteiger partial charge in [-0.25, -0.2) is 13.4 Å². The highest BCUT2D eigenvalue weighted by atomic mass is 32.2. The molecule has 0 fully saturated rings.